The topological polar surface area (TPSA) is 33.2 Å². The molecule has 88 valence electrons. The van der Waals surface area contributed by atoms with Crippen LogP contribution in [0.3, 0.4) is 0 Å². The summed E-state index contributed by atoms with van der Waals surface area (Å²) in [6.07, 6.45) is 9.20. The van der Waals surface area contributed by atoms with Crippen LogP contribution in [0.25, 0.3) is 0 Å². The number of hydrogen-bond acceptors (Lipinski definition) is 2. The number of carbonyl (C=O) groups is 1. The summed E-state index contributed by atoms with van der Waals surface area (Å²) in [5.41, 5.74) is 0.421. The average Bonchev–Trinajstić information content (AvgIpc) is 3.12. The van der Waals surface area contributed by atoms with E-state index in [1.54, 1.807) is 23.2 Å². The monoisotopic (exact) mass is 248 g/mol. The molecule has 1 aliphatic carbocycles. The van der Waals surface area contributed by atoms with Crippen LogP contribution in [0.1, 0.15) is 23.2 Å². The zero-order chi connectivity index (χ0) is 12.3. The summed E-state index contributed by atoms with van der Waals surface area (Å²) < 4.78 is 0. The summed E-state index contributed by atoms with van der Waals surface area (Å²) in [6.45, 7) is 1.04. The van der Waals surface area contributed by atoms with Crippen molar-refractivity contribution < 1.29 is 4.79 Å². The average molecular weight is 249 g/mol. The number of nitrogens with zero attached hydrogens (tertiary/aromatic N) is 2. The number of rotatable bonds is 4. The largest absolute Gasteiger partial charge is 0.327 e. The third kappa shape index (κ3) is 2.98. The Hall–Kier alpha value is -1.53. The second-order valence-electron chi connectivity index (χ2n) is 4.17. The zero-order valence-electron chi connectivity index (χ0n) is 9.40. The summed E-state index contributed by atoms with van der Waals surface area (Å²) in [5.74, 6) is 2.98. The van der Waals surface area contributed by atoms with Crippen LogP contribution in [0.15, 0.2) is 18.3 Å². The van der Waals surface area contributed by atoms with Crippen LogP contribution >= 0.6 is 11.6 Å². The summed E-state index contributed by atoms with van der Waals surface area (Å²) >= 11 is 5.91. The molecule has 1 aliphatic rings. The second kappa shape index (κ2) is 5.20. The lowest BCUT2D eigenvalue weighted by Crippen LogP contribution is -2.33. The Morgan fingerprint density at radius 2 is 2.41 bits per heavy atom. The van der Waals surface area contributed by atoms with Gasteiger partial charge in [-0.2, -0.15) is 0 Å². The van der Waals surface area contributed by atoms with E-state index in [1.807, 2.05) is 0 Å². The number of hydrogen-bond donors (Lipinski definition) is 0. The van der Waals surface area contributed by atoms with Crippen LogP contribution in [0, 0.1) is 18.3 Å². The Balaban J connectivity index is 2.15. The van der Waals surface area contributed by atoms with Crippen LogP contribution in [0.5, 0.6) is 0 Å². The first-order valence-electron chi connectivity index (χ1n) is 5.55. The van der Waals surface area contributed by atoms with Gasteiger partial charge >= 0.3 is 0 Å². The van der Waals surface area contributed by atoms with Gasteiger partial charge in [0.1, 0.15) is 5.15 Å². The van der Waals surface area contributed by atoms with E-state index < -0.39 is 0 Å². The number of carbonyl (C=O) groups excluding carboxylic acids is 1. The molecule has 4 heteroatoms. The first-order valence-corrected chi connectivity index (χ1v) is 5.93. The molecule has 0 aromatic carbocycles. The van der Waals surface area contributed by atoms with Gasteiger partial charge in [0.25, 0.3) is 5.91 Å². The summed E-state index contributed by atoms with van der Waals surface area (Å²) in [7, 11) is 0. The van der Waals surface area contributed by atoms with Crippen LogP contribution in [-0.4, -0.2) is 28.9 Å². The van der Waals surface area contributed by atoms with Gasteiger partial charge < -0.3 is 4.90 Å². The minimum atomic E-state index is -0.132. The molecular formula is C13H13ClN2O. The van der Waals surface area contributed by atoms with Crippen LogP contribution in [0.2, 0.25) is 5.15 Å². The van der Waals surface area contributed by atoms with Crippen molar-refractivity contribution >= 4 is 17.5 Å². The molecular weight excluding hydrogens is 236 g/mol. The number of pyridine rings is 1. The van der Waals surface area contributed by atoms with Crippen molar-refractivity contribution in [2.24, 2.45) is 5.92 Å². The predicted octanol–water partition coefficient (Wildman–Crippen LogP) is 2.22. The number of aromatic nitrogens is 1. The number of halogens is 1. The minimum Gasteiger partial charge on any atom is -0.327 e. The Kier molecular flexibility index (Phi) is 3.65. The van der Waals surface area contributed by atoms with Crippen molar-refractivity contribution in [1.82, 2.24) is 9.88 Å². The lowest BCUT2D eigenvalue weighted by molar-refractivity contribution is 0.0769. The fourth-order valence-electron chi connectivity index (χ4n) is 1.66. The maximum atomic E-state index is 12.2. The summed E-state index contributed by atoms with van der Waals surface area (Å²) in [6, 6.07) is 3.37. The Labute approximate surface area is 106 Å². The quantitative estimate of drug-likeness (QED) is 0.605. The lowest BCUT2D eigenvalue weighted by Gasteiger charge is -2.20. The van der Waals surface area contributed by atoms with Gasteiger partial charge in [-0.3, -0.25) is 4.79 Å². The number of terminal acetylenes is 1. The van der Waals surface area contributed by atoms with Crippen molar-refractivity contribution in [2.45, 2.75) is 12.8 Å². The van der Waals surface area contributed by atoms with E-state index in [4.69, 9.17) is 18.0 Å². The van der Waals surface area contributed by atoms with E-state index in [0.29, 0.717) is 24.6 Å². The van der Waals surface area contributed by atoms with Crippen molar-refractivity contribution in [2.75, 3.05) is 13.1 Å². The molecule has 3 nitrogen and oxygen atoms in total. The predicted molar refractivity (Wildman–Crippen MR) is 66.7 cm³/mol. The van der Waals surface area contributed by atoms with Gasteiger partial charge in [0.05, 0.1) is 12.1 Å². The molecule has 0 unspecified atom stereocenters. The molecule has 1 fully saturated rings. The molecule has 1 heterocycles. The molecule has 1 aromatic heterocycles. The van der Waals surface area contributed by atoms with E-state index >= 15 is 0 Å². The Bertz CT molecular complexity index is 463. The molecule has 1 amide bonds. The SMILES string of the molecule is C#CCN(CC1CC1)C(=O)c1cccnc1Cl. The summed E-state index contributed by atoms with van der Waals surface area (Å²) in [5, 5.41) is 0.232. The molecule has 0 aliphatic heterocycles. The van der Waals surface area contributed by atoms with Gasteiger partial charge in [0.2, 0.25) is 0 Å². The normalized spacial score (nSPS) is 14.1. The summed E-state index contributed by atoms with van der Waals surface area (Å²) in [4.78, 5) is 17.8. The van der Waals surface area contributed by atoms with Gasteiger partial charge in [-0.25, -0.2) is 4.98 Å². The van der Waals surface area contributed by atoms with E-state index in [0.717, 1.165) is 0 Å². The van der Waals surface area contributed by atoms with Crippen molar-refractivity contribution in [1.29, 1.82) is 0 Å². The van der Waals surface area contributed by atoms with E-state index in [-0.39, 0.29) is 11.1 Å². The van der Waals surface area contributed by atoms with E-state index in [9.17, 15) is 4.79 Å². The fraction of sp³-hybridized carbons (Fsp3) is 0.385. The van der Waals surface area contributed by atoms with Crippen molar-refractivity contribution in [3.63, 3.8) is 0 Å². The highest BCUT2D eigenvalue weighted by Crippen LogP contribution is 2.30. The molecule has 0 spiro atoms. The van der Waals surface area contributed by atoms with Gasteiger partial charge in [-0.05, 0) is 30.9 Å². The standard InChI is InChI=1S/C13H13ClN2O/c1-2-8-16(9-10-5-6-10)13(17)11-4-3-7-15-12(11)14/h1,3-4,7,10H,5-6,8-9H2. The first-order chi connectivity index (χ1) is 8.22. The first kappa shape index (κ1) is 11.9. The molecule has 0 saturated heterocycles. The van der Waals surface area contributed by atoms with Crippen LogP contribution in [0.4, 0.5) is 0 Å². The third-order valence-electron chi connectivity index (χ3n) is 2.73. The Morgan fingerprint density at radius 1 is 1.65 bits per heavy atom. The molecule has 0 bridgehead atoms. The van der Waals surface area contributed by atoms with Crippen LogP contribution < -0.4 is 0 Å². The van der Waals surface area contributed by atoms with E-state index in [2.05, 4.69) is 10.9 Å². The maximum Gasteiger partial charge on any atom is 0.257 e. The minimum absolute atomic E-state index is 0.132. The van der Waals surface area contributed by atoms with Crippen molar-refractivity contribution in [3.8, 4) is 12.3 Å². The number of amides is 1. The highest BCUT2D eigenvalue weighted by Gasteiger charge is 2.27. The van der Waals surface area contributed by atoms with Gasteiger partial charge in [-0.1, -0.05) is 17.5 Å². The molecule has 0 N–H and O–H groups in total. The highest BCUT2D eigenvalue weighted by molar-refractivity contribution is 6.32. The molecule has 1 aromatic rings. The smallest absolute Gasteiger partial charge is 0.257 e. The highest BCUT2D eigenvalue weighted by atomic mass is 35.5. The molecule has 0 radical (unpaired) electrons. The maximum absolute atomic E-state index is 12.2. The molecule has 17 heavy (non-hydrogen) atoms. The third-order valence-corrected chi connectivity index (χ3v) is 3.04. The Morgan fingerprint density at radius 3 is 3.00 bits per heavy atom. The van der Waals surface area contributed by atoms with Gasteiger partial charge in [0.15, 0.2) is 0 Å². The van der Waals surface area contributed by atoms with Gasteiger partial charge in [-0.15, -0.1) is 6.42 Å². The molecule has 1 saturated carbocycles. The molecule has 2 rings (SSSR count). The zero-order valence-corrected chi connectivity index (χ0v) is 10.2. The molecule has 0 atom stereocenters. The fourth-order valence-corrected chi connectivity index (χ4v) is 1.86. The van der Waals surface area contributed by atoms with Gasteiger partial charge in [0, 0.05) is 12.7 Å². The second-order valence-corrected chi connectivity index (χ2v) is 4.53. The lowest BCUT2D eigenvalue weighted by atomic mass is 10.2. The van der Waals surface area contributed by atoms with Crippen LogP contribution in [-0.2, 0) is 0 Å². The van der Waals surface area contributed by atoms with E-state index in [1.165, 1.54) is 12.8 Å². The van der Waals surface area contributed by atoms with Crippen molar-refractivity contribution in [3.05, 3.63) is 29.0 Å².